The Balaban J connectivity index is 0.991. The van der Waals surface area contributed by atoms with E-state index in [1.54, 1.807) is 0 Å². The lowest BCUT2D eigenvalue weighted by molar-refractivity contribution is -0.265. The molecule has 8 rings (SSSR count). The number of hydrogen-bond donors (Lipinski definition) is 2. The summed E-state index contributed by atoms with van der Waals surface area (Å²) < 4.78 is 52.2. The lowest BCUT2D eigenvalue weighted by Crippen LogP contribution is -2.61. The fourth-order valence-electron chi connectivity index (χ4n) is 10.3. The van der Waals surface area contributed by atoms with Gasteiger partial charge in [0.1, 0.15) is 43.1 Å². The molecule has 8 aliphatic rings. The molecular formula is C39H59NO10. The van der Waals surface area contributed by atoms with Crippen LogP contribution in [0.25, 0.3) is 0 Å². The van der Waals surface area contributed by atoms with Crippen LogP contribution in [0.1, 0.15) is 103 Å². The van der Waals surface area contributed by atoms with Gasteiger partial charge in [0.15, 0.2) is 0 Å². The zero-order valence-electron chi connectivity index (χ0n) is 29.6. The van der Waals surface area contributed by atoms with Gasteiger partial charge in [-0.15, -0.1) is 0 Å². The molecule has 0 radical (unpaired) electrons. The summed E-state index contributed by atoms with van der Waals surface area (Å²) in [5.41, 5.74) is 8.04. The van der Waals surface area contributed by atoms with Crippen LogP contribution in [0.3, 0.4) is 0 Å². The largest absolute Gasteiger partial charge is 0.392 e. The van der Waals surface area contributed by atoms with Crippen molar-refractivity contribution in [3.8, 4) is 0 Å². The maximum Gasteiger partial charge on any atom is 0.148 e. The number of Topliss-reactive ketones (excluding diaryl/α,β-unsaturated/α-hetero) is 1. The van der Waals surface area contributed by atoms with Crippen LogP contribution in [0.5, 0.6) is 0 Å². The average Bonchev–Trinajstić information content (AvgIpc) is 3.73. The van der Waals surface area contributed by atoms with Crippen molar-refractivity contribution in [3.63, 3.8) is 0 Å². The van der Waals surface area contributed by atoms with Crippen molar-refractivity contribution in [2.45, 2.75) is 194 Å². The molecule has 8 heterocycles. The second kappa shape index (κ2) is 15.6. The highest BCUT2D eigenvalue weighted by atomic mass is 16.7. The minimum Gasteiger partial charge on any atom is -0.392 e. The Morgan fingerprint density at radius 2 is 1.40 bits per heavy atom. The molecule has 11 bridgehead atoms. The average molecular weight is 702 g/mol. The molecule has 8 saturated heterocycles. The highest BCUT2D eigenvalue weighted by molar-refractivity contribution is 5.79. The van der Waals surface area contributed by atoms with Crippen molar-refractivity contribution in [1.82, 2.24) is 0 Å². The van der Waals surface area contributed by atoms with Crippen molar-refractivity contribution in [3.05, 3.63) is 24.3 Å². The van der Waals surface area contributed by atoms with Crippen LogP contribution >= 0.6 is 0 Å². The van der Waals surface area contributed by atoms with Crippen LogP contribution in [0.4, 0.5) is 0 Å². The van der Waals surface area contributed by atoms with Gasteiger partial charge in [-0.05, 0) is 81.3 Å². The van der Waals surface area contributed by atoms with Crippen LogP contribution in [-0.4, -0.2) is 116 Å². The van der Waals surface area contributed by atoms with Gasteiger partial charge >= 0.3 is 0 Å². The van der Waals surface area contributed by atoms with E-state index in [2.05, 4.69) is 13.2 Å². The lowest BCUT2D eigenvalue weighted by Gasteiger charge is -2.46. The van der Waals surface area contributed by atoms with Gasteiger partial charge in [0.2, 0.25) is 0 Å². The van der Waals surface area contributed by atoms with Gasteiger partial charge in [-0.2, -0.15) is 0 Å². The predicted molar refractivity (Wildman–Crippen MR) is 182 cm³/mol. The first-order valence-corrected chi connectivity index (χ1v) is 19.7. The van der Waals surface area contributed by atoms with Crippen LogP contribution < -0.4 is 5.73 Å². The molecule has 0 aliphatic carbocycles. The first kappa shape index (κ1) is 35.8. The minimum absolute atomic E-state index is 0.0223. The summed E-state index contributed by atoms with van der Waals surface area (Å²) in [5, 5.41) is 10.4. The molecule has 3 N–H and O–H groups in total. The summed E-state index contributed by atoms with van der Waals surface area (Å²) in [5.74, 6) is 0.194. The second-order valence-corrected chi connectivity index (χ2v) is 16.5. The van der Waals surface area contributed by atoms with Gasteiger partial charge in [0, 0.05) is 32.2 Å². The molecule has 0 spiro atoms. The Labute approximate surface area is 296 Å². The Bertz CT molecular complexity index is 1230. The number of rotatable bonds is 3. The molecule has 0 aromatic carbocycles. The summed E-state index contributed by atoms with van der Waals surface area (Å²) in [6.45, 7) is 9.16. The van der Waals surface area contributed by atoms with Crippen molar-refractivity contribution in [2.75, 3.05) is 13.3 Å². The standard InChI is InChI=1S/C39H59NO10/c1-21-7-8-26-9-11-30-22(2)13-27(46-30)5-3-4-6-31-35-38-39(49-31)37(44-20-43-35)36-32(50-38)12-10-28(48-36)16-24(41)14-23-15-29(17-25(42)19-40)47-34(23)18-33(21)45-26/h23,25-39,42H,1-20,40H2/t23?,25?,26?,27?,28?,29?,30?,31-,32?,33?,34+,35?,36?,37+,38?,39?/m1/s1. The molecule has 8 aliphatic heterocycles. The Hall–Kier alpha value is -1.25. The van der Waals surface area contributed by atoms with Crippen LogP contribution in [-0.2, 0) is 42.7 Å². The number of hydrogen-bond acceptors (Lipinski definition) is 11. The minimum atomic E-state index is -0.631. The zero-order chi connectivity index (χ0) is 34.4. The van der Waals surface area contributed by atoms with Crippen molar-refractivity contribution in [1.29, 1.82) is 0 Å². The van der Waals surface area contributed by atoms with Crippen molar-refractivity contribution in [2.24, 2.45) is 11.7 Å². The van der Waals surface area contributed by atoms with Gasteiger partial charge in [0.05, 0.1) is 61.0 Å². The van der Waals surface area contributed by atoms with Crippen LogP contribution in [0.2, 0.25) is 0 Å². The van der Waals surface area contributed by atoms with E-state index in [1.807, 2.05) is 0 Å². The van der Waals surface area contributed by atoms with E-state index in [1.165, 1.54) is 5.57 Å². The maximum absolute atomic E-state index is 13.8. The van der Waals surface area contributed by atoms with E-state index in [-0.39, 0.29) is 110 Å². The summed E-state index contributed by atoms with van der Waals surface area (Å²) >= 11 is 0. The summed E-state index contributed by atoms with van der Waals surface area (Å²) in [7, 11) is 0. The van der Waals surface area contributed by atoms with Crippen LogP contribution in [0, 0.1) is 5.92 Å². The Morgan fingerprint density at radius 1 is 0.660 bits per heavy atom. The van der Waals surface area contributed by atoms with Gasteiger partial charge in [-0.1, -0.05) is 26.0 Å². The highest BCUT2D eigenvalue weighted by Gasteiger charge is 2.60. The molecule has 0 amide bonds. The fraction of sp³-hybridized carbons (Fsp3) is 0.872. The topological polar surface area (TPSA) is 137 Å². The van der Waals surface area contributed by atoms with Gasteiger partial charge < -0.3 is 48.7 Å². The smallest absolute Gasteiger partial charge is 0.148 e. The number of nitrogens with two attached hydrogens (primary N) is 1. The van der Waals surface area contributed by atoms with Crippen molar-refractivity contribution < 1.29 is 47.8 Å². The van der Waals surface area contributed by atoms with Gasteiger partial charge in [0.25, 0.3) is 0 Å². The molecule has 280 valence electrons. The number of carbonyl (C=O) groups is 1. The van der Waals surface area contributed by atoms with Gasteiger partial charge in [-0.25, -0.2) is 0 Å². The fourth-order valence-corrected chi connectivity index (χ4v) is 10.3. The summed E-state index contributed by atoms with van der Waals surface area (Å²) in [6.07, 6.45) is 10.6. The van der Waals surface area contributed by atoms with E-state index >= 15 is 0 Å². The van der Waals surface area contributed by atoms with E-state index in [0.29, 0.717) is 32.1 Å². The Morgan fingerprint density at radius 3 is 2.26 bits per heavy atom. The summed E-state index contributed by atoms with van der Waals surface area (Å²) in [4.78, 5) is 13.8. The van der Waals surface area contributed by atoms with Crippen molar-refractivity contribution >= 4 is 5.78 Å². The van der Waals surface area contributed by atoms with Gasteiger partial charge in [-0.3, -0.25) is 4.79 Å². The molecule has 11 heteroatoms. The zero-order valence-corrected chi connectivity index (χ0v) is 29.6. The molecule has 13 unspecified atom stereocenters. The van der Waals surface area contributed by atoms with E-state index in [0.717, 1.165) is 76.2 Å². The number of carbonyl (C=O) groups excluding carboxylic acids is 1. The number of fused-ring (bicyclic) bond motifs is 8. The monoisotopic (exact) mass is 701 g/mol. The predicted octanol–water partition coefficient (Wildman–Crippen LogP) is 4.20. The molecule has 8 fully saturated rings. The third-order valence-electron chi connectivity index (χ3n) is 12.9. The third-order valence-corrected chi connectivity index (χ3v) is 12.9. The highest BCUT2D eigenvalue weighted by Crippen LogP contribution is 2.45. The molecule has 0 aromatic heterocycles. The molecule has 0 aromatic rings. The SMILES string of the molecule is C=C1CC2CCCC[C@H]3OC4C5OC6CCC(CC(=O)CC7CC(CC(O)CN)O[C@H]7CC7OC(CCC7=C)CCC1O2)OC6[C@@H]4OCOC53. The first-order chi connectivity index (χ1) is 24.3. The lowest BCUT2D eigenvalue weighted by atomic mass is 9.84. The third kappa shape index (κ3) is 7.70. The first-order valence-electron chi connectivity index (χ1n) is 19.7. The quantitative estimate of drug-likeness (QED) is 0.410. The molecule has 0 saturated carbocycles. The molecular weight excluding hydrogens is 642 g/mol. The van der Waals surface area contributed by atoms with Crippen LogP contribution in [0.15, 0.2) is 24.3 Å². The molecule has 11 nitrogen and oxygen atoms in total. The number of ketones is 1. The molecule has 50 heavy (non-hydrogen) atoms. The number of ether oxygens (including phenoxy) is 8. The number of aliphatic hydroxyl groups is 1. The van der Waals surface area contributed by atoms with E-state index in [4.69, 9.17) is 43.6 Å². The Kier molecular flexibility index (Phi) is 11.2. The normalized spacial score (nSPS) is 47.9. The second-order valence-electron chi connectivity index (χ2n) is 16.5. The maximum atomic E-state index is 13.8. The van der Waals surface area contributed by atoms with E-state index in [9.17, 15) is 9.90 Å². The summed E-state index contributed by atoms with van der Waals surface area (Å²) in [6, 6.07) is 0. The van der Waals surface area contributed by atoms with E-state index < -0.39 is 6.10 Å². The molecule has 16 atom stereocenters. The number of aliphatic hydroxyl groups excluding tert-OH is 1.